The van der Waals surface area contributed by atoms with Crippen LogP contribution in [-0.4, -0.2) is 73.8 Å². The van der Waals surface area contributed by atoms with E-state index in [9.17, 15) is 14.4 Å². The standard InChI is InChI=1S/C22H26N4O3/c1-23-20(27)16-25-11-13-26(14-12-25)21(28)15-24-22(29)19-9-7-18(8-10-19)17-5-3-2-4-6-17/h2-10H,11-16H2,1H3,(H,23,27)(H,24,29). The van der Waals surface area contributed by atoms with Crippen LogP contribution in [0.5, 0.6) is 0 Å². The van der Waals surface area contributed by atoms with Gasteiger partial charge in [0.15, 0.2) is 0 Å². The Bertz CT molecular complexity index is 844. The number of rotatable bonds is 6. The summed E-state index contributed by atoms with van der Waals surface area (Å²) < 4.78 is 0. The zero-order valence-corrected chi connectivity index (χ0v) is 16.6. The van der Waals surface area contributed by atoms with E-state index in [1.165, 1.54) is 0 Å². The van der Waals surface area contributed by atoms with Gasteiger partial charge in [-0.05, 0) is 23.3 Å². The Morgan fingerprint density at radius 1 is 0.862 bits per heavy atom. The van der Waals surface area contributed by atoms with Gasteiger partial charge in [0, 0.05) is 38.8 Å². The third-order valence-electron chi connectivity index (χ3n) is 5.03. The Morgan fingerprint density at radius 3 is 2.10 bits per heavy atom. The molecule has 7 nitrogen and oxygen atoms in total. The molecule has 0 aromatic heterocycles. The predicted molar refractivity (Wildman–Crippen MR) is 111 cm³/mol. The number of carbonyl (C=O) groups is 3. The Balaban J connectivity index is 1.46. The molecule has 3 rings (SSSR count). The van der Waals surface area contributed by atoms with E-state index in [4.69, 9.17) is 0 Å². The van der Waals surface area contributed by atoms with Crippen LogP contribution in [-0.2, 0) is 9.59 Å². The molecular formula is C22H26N4O3. The van der Waals surface area contributed by atoms with Crippen molar-refractivity contribution < 1.29 is 14.4 Å². The minimum absolute atomic E-state index is 0.0321. The van der Waals surface area contributed by atoms with Crippen molar-refractivity contribution in [1.82, 2.24) is 20.4 Å². The van der Waals surface area contributed by atoms with E-state index in [0.29, 0.717) is 38.3 Å². The van der Waals surface area contributed by atoms with Crippen LogP contribution in [0.4, 0.5) is 0 Å². The molecule has 3 amide bonds. The van der Waals surface area contributed by atoms with Gasteiger partial charge >= 0.3 is 0 Å². The molecule has 152 valence electrons. The smallest absolute Gasteiger partial charge is 0.251 e. The summed E-state index contributed by atoms with van der Waals surface area (Å²) >= 11 is 0. The third-order valence-corrected chi connectivity index (χ3v) is 5.03. The van der Waals surface area contributed by atoms with Crippen LogP contribution in [0.15, 0.2) is 54.6 Å². The molecule has 0 spiro atoms. The molecule has 1 heterocycles. The monoisotopic (exact) mass is 394 g/mol. The zero-order valence-electron chi connectivity index (χ0n) is 16.6. The molecule has 2 aromatic carbocycles. The second kappa shape index (κ2) is 9.84. The molecule has 1 saturated heterocycles. The number of hydrogen-bond donors (Lipinski definition) is 2. The van der Waals surface area contributed by atoms with Crippen molar-refractivity contribution in [2.45, 2.75) is 0 Å². The van der Waals surface area contributed by atoms with E-state index < -0.39 is 0 Å². The molecule has 1 fully saturated rings. The molecule has 2 N–H and O–H groups in total. The Hall–Kier alpha value is -3.19. The van der Waals surface area contributed by atoms with Gasteiger partial charge in [-0.1, -0.05) is 42.5 Å². The van der Waals surface area contributed by atoms with Gasteiger partial charge in [-0.25, -0.2) is 0 Å². The second-order valence-corrected chi connectivity index (χ2v) is 6.96. The van der Waals surface area contributed by atoms with E-state index in [-0.39, 0.29) is 24.3 Å². The molecule has 0 saturated carbocycles. The number of carbonyl (C=O) groups excluding carboxylic acids is 3. The minimum Gasteiger partial charge on any atom is -0.358 e. The highest BCUT2D eigenvalue weighted by atomic mass is 16.2. The fourth-order valence-corrected chi connectivity index (χ4v) is 3.25. The van der Waals surface area contributed by atoms with Gasteiger partial charge < -0.3 is 15.5 Å². The molecule has 0 bridgehead atoms. The lowest BCUT2D eigenvalue weighted by Gasteiger charge is -2.34. The predicted octanol–water partition coefficient (Wildman–Crippen LogP) is 0.974. The van der Waals surface area contributed by atoms with Crippen LogP contribution >= 0.6 is 0 Å². The second-order valence-electron chi connectivity index (χ2n) is 6.96. The average molecular weight is 394 g/mol. The van der Waals surface area contributed by atoms with E-state index in [2.05, 4.69) is 10.6 Å². The molecule has 7 heteroatoms. The number of piperazine rings is 1. The lowest BCUT2D eigenvalue weighted by molar-refractivity contribution is -0.132. The summed E-state index contributed by atoms with van der Waals surface area (Å²) in [4.78, 5) is 39.9. The fourth-order valence-electron chi connectivity index (χ4n) is 3.25. The van der Waals surface area contributed by atoms with Gasteiger partial charge in [0.2, 0.25) is 11.8 Å². The topological polar surface area (TPSA) is 81.8 Å². The third kappa shape index (κ3) is 5.65. The molecular weight excluding hydrogens is 368 g/mol. The Kier molecular flexibility index (Phi) is 6.97. The highest BCUT2D eigenvalue weighted by Crippen LogP contribution is 2.19. The highest BCUT2D eigenvalue weighted by Gasteiger charge is 2.22. The van der Waals surface area contributed by atoms with Crippen LogP contribution in [0.1, 0.15) is 10.4 Å². The molecule has 1 aliphatic rings. The van der Waals surface area contributed by atoms with Crippen molar-refractivity contribution in [2.75, 3.05) is 46.3 Å². The van der Waals surface area contributed by atoms with Gasteiger partial charge in [-0.3, -0.25) is 19.3 Å². The van der Waals surface area contributed by atoms with Crippen LogP contribution in [0, 0.1) is 0 Å². The first kappa shape index (κ1) is 20.5. The summed E-state index contributed by atoms with van der Waals surface area (Å²) in [5, 5.41) is 5.30. The number of nitrogens with one attached hydrogen (secondary N) is 2. The van der Waals surface area contributed by atoms with Crippen LogP contribution in [0.3, 0.4) is 0 Å². The summed E-state index contributed by atoms with van der Waals surface area (Å²) in [6, 6.07) is 17.3. The molecule has 0 atom stereocenters. The Labute approximate surface area is 170 Å². The van der Waals surface area contributed by atoms with Gasteiger partial charge in [-0.15, -0.1) is 0 Å². The quantitative estimate of drug-likeness (QED) is 0.765. The molecule has 29 heavy (non-hydrogen) atoms. The molecule has 0 radical (unpaired) electrons. The minimum atomic E-state index is -0.267. The zero-order chi connectivity index (χ0) is 20.6. The van der Waals surface area contributed by atoms with Crippen molar-refractivity contribution in [2.24, 2.45) is 0 Å². The first-order valence-corrected chi connectivity index (χ1v) is 9.71. The summed E-state index contributed by atoms with van der Waals surface area (Å²) in [6.45, 7) is 2.71. The first-order chi connectivity index (χ1) is 14.1. The molecule has 2 aromatic rings. The lowest BCUT2D eigenvalue weighted by atomic mass is 10.0. The van der Waals surface area contributed by atoms with Crippen LogP contribution < -0.4 is 10.6 Å². The molecule has 0 unspecified atom stereocenters. The summed E-state index contributed by atoms with van der Waals surface area (Å²) in [6.07, 6.45) is 0. The fraction of sp³-hybridized carbons (Fsp3) is 0.318. The molecule has 0 aliphatic carbocycles. The summed E-state index contributed by atoms with van der Waals surface area (Å²) in [5.41, 5.74) is 2.64. The van der Waals surface area contributed by atoms with Gasteiger partial charge in [-0.2, -0.15) is 0 Å². The van der Waals surface area contributed by atoms with Crippen molar-refractivity contribution in [3.63, 3.8) is 0 Å². The summed E-state index contributed by atoms with van der Waals surface area (Å²) in [7, 11) is 1.61. The largest absolute Gasteiger partial charge is 0.358 e. The van der Waals surface area contributed by atoms with Crippen LogP contribution in [0.2, 0.25) is 0 Å². The van der Waals surface area contributed by atoms with E-state index >= 15 is 0 Å². The van der Waals surface area contributed by atoms with Crippen molar-refractivity contribution >= 4 is 17.7 Å². The van der Waals surface area contributed by atoms with E-state index in [1.807, 2.05) is 47.4 Å². The summed E-state index contributed by atoms with van der Waals surface area (Å²) in [5.74, 6) is -0.412. The SMILES string of the molecule is CNC(=O)CN1CCN(C(=O)CNC(=O)c2ccc(-c3ccccc3)cc2)CC1. The number of nitrogens with zero attached hydrogens (tertiary/aromatic N) is 2. The van der Waals surface area contributed by atoms with Gasteiger partial charge in [0.1, 0.15) is 0 Å². The highest BCUT2D eigenvalue weighted by molar-refractivity contribution is 5.96. The number of hydrogen-bond acceptors (Lipinski definition) is 4. The van der Waals surface area contributed by atoms with Crippen molar-refractivity contribution in [3.8, 4) is 11.1 Å². The normalized spacial score (nSPS) is 14.3. The maximum atomic E-state index is 12.4. The number of benzene rings is 2. The maximum absolute atomic E-state index is 12.4. The van der Waals surface area contributed by atoms with E-state index in [1.54, 1.807) is 24.1 Å². The first-order valence-electron chi connectivity index (χ1n) is 9.71. The Morgan fingerprint density at radius 2 is 1.48 bits per heavy atom. The maximum Gasteiger partial charge on any atom is 0.251 e. The van der Waals surface area contributed by atoms with Crippen LogP contribution in [0.25, 0.3) is 11.1 Å². The lowest BCUT2D eigenvalue weighted by Crippen LogP contribution is -2.52. The van der Waals surface area contributed by atoms with Gasteiger partial charge in [0.25, 0.3) is 5.91 Å². The van der Waals surface area contributed by atoms with E-state index in [0.717, 1.165) is 11.1 Å². The number of likely N-dealkylation sites (N-methyl/N-ethyl adjacent to an activating group) is 1. The van der Waals surface area contributed by atoms with Crippen molar-refractivity contribution in [1.29, 1.82) is 0 Å². The van der Waals surface area contributed by atoms with Gasteiger partial charge in [0.05, 0.1) is 13.1 Å². The number of amides is 3. The van der Waals surface area contributed by atoms with Crippen molar-refractivity contribution in [3.05, 3.63) is 60.2 Å². The average Bonchev–Trinajstić information content (AvgIpc) is 2.78. The molecule has 1 aliphatic heterocycles.